The van der Waals surface area contributed by atoms with E-state index in [9.17, 15) is 10.1 Å². The number of thiophene rings is 1. The van der Waals surface area contributed by atoms with E-state index in [1.807, 2.05) is 17.5 Å². The molecule has 21 heavy (non-hydrogen) atoms. The molecule has 2 aromatic rings. The van der Waals surface area contributed by atoms with Crippen molar-refractivity contribution < 1.29 is 14.4 Å². The highest BCUT2D eigenvalue weighted by molar-refractivity contribution is 7.09. The van der Waals surface area contributed by atoms with E-state index < -0.39 is 4.92 Å². The Bertz CT molecular complexity index is 614. The van der Waals surface area contributed by atoms with Crippen LogP contribution in [-0.2, 0) is 6.42 Å². The molecule has 1 heterocycles. The Morgan fingerprint density at radius 1 is 1.29 bits per heavy atom. The molecule has 0 bridgehead atoms. The first kappa shape index (κ1) is 15.1. The van der Waals surface area contributed by atoms with Crippen molar-refractivity contribution in [3.8, 4) is 11.5 Å². The van der Waals surface area contributed by atoms with Gasteiger partial charge in [-0.15, -0.1) is 11.3 Å². The molecule has 0 atom stereocenters. The number of hydrogen-bond donors (Lipinski definition) is 1. The van der Waals surface area contributed by atoms with Crippen LogP contribution in [0.4, 0.5) is 11.4 Å². The van der Waals surface area contributed by atoms with Gasteiger partial charge < -0.3 is 14.8 Å². The summed E-state index contributed by atoms with van der Waals surface area (Å²) in [6, 6.07) is 6.98. The van der Waals surface area contributed by atoms with E-state index in [1.165, 1.54) is 25.2 Å². The molecule has 0 aliphatic rings. The third-order valence-electron chi connectivity index (χ3n) is 2.97. The third-order valence-corrected chi connectivity index (χ3v) is 3.90. The highest BCUT2D eigenvalue weighted by Crippen LogP contribution is 2.37. The molecule has 0 radical (unpaired) electrons. The maximum Gasteiger partial charge on any atom is 0.296 e. The van der Waals surface area contributed by atoms with Crippen molar-refractivity contribution in [1.82, 2.24) is 0 Å². The van der Waals surface area contributed by atoms with Crippen LogP contribution in [0.15, 0.2) is 29.6 Å². The summed E-state index contributed by atoms with van der Waals surface area (Å²) in [6.07, 6.45) is 0.809. The molecule has 2 rings (SSSR count). The first-order chi connectivity index (χ1) is 10.2. The molecule has 0 saturated heterocycles. The second-order valence-corrected chi connectivity index (χ2v) is 5.27. The molecular weight excluding hydrogens is 292 g/mol. The van der Waals surface area contributed by atoms with Gasteiger partial charge in [0.1, 0.15) is 5.69 Å². The van der Waals surface area contributed by atoms with E-state index in [2.05, 4.69) is 5.32 Å². The second-order valence-electron chi connectivity index (χ2n) is 4.24. The molecule has 112 valence electrons. The summed E-state index contributed by atoms with van der Waals surface area (Å²) in [4.78, 5) is 11.9. The highest BCUT2D eigenvalue weighted by Gasteiger charge is 2.19. The minimum Gasteiger partial charge on any atom is -0.493 e. The monoisotopic (exact) mass is 308 g/mol. The number of ether oxygens (including phenoxy) is 2. The maximum absolute atomic E-state index is 11.2. The lowest BCUT2D eigenvalue weighted by Gasteiger charge is -2.11. The van der Waals surface area contributed by atoms with Crippen LogP contribution < -0.4 is 14.8 Å². The van der Waals surface area contributed by atoms with Crippen molar-refractivity contribution in [2.24, 2.45) is 0 Å². The van der Waals surface area contributed by atoms with Gasteiger partial charge >= 0.3 is 0 Å². The van der Waals surface area contributed by atoms with Crippen molar-refractivity contribution in [2.75, 3.05) is 26.1 Å². The van der Waals surface area contributed by atoms with Crippen LogP contribution in [-0.4, -0.2) is 25.7 Å². The van der Waals surface area contributed by atoms with Crippen LogP contribution in [0.5, 0.6) is 11.5 Å². The van der Waals surface area contributed by atoms with Crippen LogP contribution >= 0.6 is 11.3 Å². The molecule has 0 spiro atoms. The zero-order chi connectivity index (χ0) is 15.2. The van der Waals surface area contributed by atoms with Gasteiger partial charge in [0.25, 0.3) is 5.69 Å². The largest absolute Gasteiger partial charge is 0.493 e. The zero-order valence-corrected chi connectivity index (χ0v) is 12.6. The number of methoxy groups -OCH3 is 2. The molecular formula is C14H16N2O4S. The summed E-state index contributed by atoms with van der Waals surface area (Å²) in [5.74, 6) is 0.801. The van der Waals surface area contributed by atoms with Gasteiger partial charge in [-0.2, -0.15) is 0 Å². The first-order valence-corrected chi connectivity index (χ1v) is 7.20. The van der Waals surface area contributed by atoms with Gasteiger partial charge in [-0.1, -0.05) is 6.07 Å². The van der Waals surface area contributed by atoms with E-state index in [1.54, 1.807) is 17.4 Å². The second kappa shape index (κ2) is 6.94. The quantitative estimate of drug-likeness (QED) is 0.627. The number of anilines is 1. The summed E-state index contributed by atoms with van der Waals surface area (Å²) in [5.41, 5.74) is 0.396. The third kappa shape index (κ3) is 3.63. The lowest BCUT2D eigenvalue weighted by Crippen LogP contribution is -2.07. The normalized spacial score (nSPS) is 10.2. The molecule has 7 heteroatoms. The fraction of sp³-hybridized carbons (Fsp3) is 0.286. The van der Waals surface area contributed by atoms with Crippen LogP contribution in [0.3, 0.4) is 0 Å². The van der Waals surface area contributed by atoms with Crippen LogP contribution in [0.25, 0.3) is 0 Å². The molecule has 0 fully saturated rings. The van der Waals surface area contributed by atoms with Crippen molar-refractivity contribution in [3.63, 3.8) is 0 Å². The Morgan fingerprint density at radius 2 is 2.00 bits per heavy atom. The summed E-state index contributed by atoms with van der Waals surface area (Å²) in [5, 5.41) is 16.2. The molecule has 1 N–H and O–H groups in total. The average molecular weight is 308 g/mol. The van der Waals surface area contributed by atoms with Gasteiger partial charge in [-0.05, 0) is 17.9 Å². The van der Waals surface area contributed by atoms with Gasteiger partial charge in [-0.3, -0.25) is 10.1 Å². The molecule has 0 unspecified atom stereocenters. The number of hydrogen-bond acceptors (Lipinski definition) is 6. The van der Waals surface area contributed by atoms with Crippen molar-refractivity contribution in [1.29, 1.82) is 0 Å². The van der Waals surface area contributed by atoms with Gasteiger partial charge in [0.05, 0.1) is 25.2 Å². The van der Waals surface area contributed by atoms with Crippen LogP contribution in [0.2, 0.25) is 0 Å². The standard InChI is InChI=1S/C14H16N2O4S/c1-19-13-8-11(12(16(17)18)9-14(13)20-2)15-6-5-10-4-3-7-21-10/h3-4,7-9,15H,5-6H2,1-2H3. The van der Waals surface area contributed by atoms with E-state index in [0.29, 0.717) is 23.7 Å². The number of nitrogens with one attached hydrogen (secondary N) is 1. The molecule has 0 aliphatic carbocycles. The topological polar surface area (TPSA) is 73.6 Å². The lowest BCUT2D eigenvalue weighted by molar-refractivity contribution is -0.384. The average Bonchev–Trinajstić information content (AvgIpc) is 2.99. The fourth-order valence-electron chi connectivity index (χ4n) is 1.94. The van der Waals surface area contributed by atoms with E-state index >= 15 is 0 Å². The Balaban J connectivity index is 2.17. The number of nitrogens with zero attached hydrogens (tertiary/aromatic N) is 1. The molecule has 0 amide bonds. The summed E-state index contributed by atoms with van der Waals surface area (Å²) < 4.78 is 10.3. The number of rotatable bonds is 7. The fourth-order valence-corrected chi connectivity index (χ4v) is 2.65. The zero-order valence-electron chi connectivity index (χ0n) is 11.8. The van der Waals surface area contributed by atoms with Crippen LogP contribution in [0.1, 0.15) is 4.88 Å². The maximum atomic E-state index is 11.2. The van der Waals surface area contributed by atoms with Crippen molar-refractivity contribution in [3.05, 3.63) is 44.6 Å². The SMILES string of the molecule is COc1cc(NCCc2cccs2)c([N+](=O)[O-])cc1OC. The first-order valence-electron chi connectivity index (χ1n) is 6.32. The molecule has 0 saturated carbocycles. The molecule has 1 aromatic heterocycles. The number of nitro groups is 1. The van der Waals surface area contributed by atoms with Gasteiger partial charge in [-0.25, -0.2) is 0 Å². The van der Waals surface area contributed by atoms with Gasteiger partial charge in [0.2, 0.25) is 0 Å². The summed E-state index contributed by atoms with van der Waals surface area (Å²) >= 11 is 1.66. The van der Waals surface area contributed by atoms with E-state index in [-0.39, 0.29) is 5.69 Å². The van der Waals surface area contributed by atoms with Gasteiger partial charge in [0, 0.05) is 17.5 Å². The predicted octanol–water partition coefficient (Wildman–Crippen LogP) is 3.33. The van der Waals surface area contributed by atoms with Gasteiger partial charge in [0.15, 0.2) is 11.5 Å². The predicted molar refractivity (Wildman–Crippen MR) is 82.7 cm³/mol. The Kier molecular flexibility index (Phi) is 4.99. The Labute approximate surface area is 126 Å². The van der Waals surface area contributed by atoms with Crippen molar-refractivity contribution >= 4 is 22.7 Å². The summed E-state index contributed by atoms with van der Waals surface area (Å²) in [6.45, 7) is 0.608. The lowest BCUT2D eigenvalue weighted by atomic mass is 10.2. The minimum absolute atomic E-state index is 0.0289. The van der Waals surface area contributed by atoms with E-state index in [0.717, 1.165) is 6.42 Å². The Morgan fingerprint density at radius 3 is 2.57 bits per heavy atom. The molecule has 0 aliphatic heterocycles. The molecule has 1 aromatic carbocycles. The highest BCUT2D eigenvalue weighted by atomic mass is 32.1. The van der Waals surface area contributed by atoms with Crippen LogP contribution in [0, 0.1) is 10.1 Å². The number of nitro benzene ring substituents is 1. The smallest absolute Gasteiger partial charge is 0.296 e. The van der Waals surface area contributed by atoms with Crippen molar-refractivity contribution in [2.45, 2.75) is 6.42 Å². The van der Waals surface area contributed by atoms with E-state index in [4.69, 9.17) is 9.47 Å². The summed E-state index contributed by atoms with van der Waals surface area (Å²) in [7, 11) is 2.95. The Hall–Kier alpha value is -2.28. The minimum atomic E-state index is -0.435. The molecule has 6 nitrogen and oxygen atoms in total. The number of benzene rings is 1.